The number of hydrogen-bond donors (Lipinski definition) is 2. The lowest BCUT2D eigenvalue weighted by atomic mass is 9.79. The van der Waals surface area contributed by atoms with E-state index in [1.54, 1.807) is 0 Å². The minimum absolute atomic E-state index is 0. The molecular formula is C21H32ClN3O. The smallest absolute Gasteiger partial charge is 0.251 e. The number of carbonyl (C=O) groups is 1. The molecule has 2 fully saturated rings. The molecule has 3 aliphatic rings. The largest absolute Gasteiger partial charge is 0.350 e. The van der Waals surface area contributed by atoms with E-state index in [4.69, 9.17) is 0 Å². The van der Waals surface area contributed by atoms with Crippen molar-refractivity contribution in [3.8, 4) is 0 Å². The number of likely N-dealkylation sites (tertiary alicyclic amines) is 1. The standard InChI is InChI=1S/C21H31N3O.ClH/c25-20(17-7-8-18-14-22-15-19(18)13-17)23-16-21(9-3-1-4-10-21)24-11-5-2-6-12-24;/h7-8,13,22H,1-6,9-12,14-16H2,(H,23,25);1H. The number of nitrogens with one attached hydrogen (secondary N) is 2. The Kier molecular flexibility index (Phi) is 6.60. The van der Waals surface area contributed by atoms with Gasteiger partial charge in [0.1, 0.15) is 0 Å². The first-order valence-electron chi connectivity index (χ1n) is 10.1. The maximum absolute atomic E-state index is 12.8. The summed E-state index contributed by atoms with van der Waals surface area (Å²) in [6.07, 6.45) is 10.4. The minimum Gasteiger partial charge on any atom is -0.350 e. The lowest BCUT2D eigenvalue weighted by Crippen LogP contribution is -2.58. The third-order valence-corrected chi connectivity index (χ3v) is 6.49. The third kappa shape index (κ3) is 4.08. The van der Waals surface area contributed by atoms with Crippen LogP contribution in [0.15, 0.2) is 18.2 Å². The first kappa shape index (κ1) is 19.7. The number of benzene rings is 1. The summed E-state index contributed by atoms with van der Waals surface area (Å²) in [4.78, 5) is 15.5. The fourth-order valence-electron chi connectivity index (χ4n) is 4.97. The van der Waals surface area contributed by atoms with E-state index in [1.807, 2.05) is 6.07 Å². The number of rotatable bonds is 4. The van der Waals surface area contributed by atoms with Gasteiger partial charge in [-0.15, -0.1) is 12.4 Å². The minimum atomic E-state index is 0. The summed E-state index contributed by atoms with van der Waals surface area (Å²) in [6, 6.07) is 6.15. The summed E-state index contributed by atoms with van der Waals surface area (Å²) in [6.45, 7) is 5.03. The predicted molar refractivity (Wildman–Crippen MR) is 108 cm³/mol. The molecule has 1 saturated carbocycles. The molecule has 0 atom stereocenters. The van der Waals surface area contributed by atoms with E-state index >= 15 is 0 Å². The van der Waals surface area contributed by atoms with Gasteiger partial charge in [-0.1, -0.05) is 31.7 Å². The van der Waals surface area contributed by atoms with E-state index in [-0.39, 0.29) is 23.9 Å². The molecule has 0 radical (unpaired) electrons. The highest BCUT2D eigenvalue weighted by Crippen LogP contribution is 2.35. The Morgan fingerprint density at radius 3 is 2.46 bits per heavy atom. The van der Waals surface area contributed by atoms with Crippen molar-refractivity contribution in [1.82, 2.24) is 15.5 Å². The molecule has 1 aromatic rings. The van der Waals surface area contributed by atoms with E-state index in [0.717, 1.165) is 25.2 Å². The summed E-state index contributed by atoms with van der Waals surface area (Å²) in [7, 11) is 0. The Bertz CT molecular complexity index is 622. The van der Waals surface area contributed by atoms with Crippen molar-refractivity contribution in [2.45, 2.75) is 70.0 Å². The van der Waals surface area contributed by atoms with Gasteiger partial charge in [0.15, 0.2) is 0 Å². The molecule has 2 heterocycles. The number of nitrogens with zero attached hydrogens (tertiary/aromatic N) is 1. The molecule has 1 amide bonds. The number of halogens is 1. The van der Waals surface area contributed by atoms with E-state index in [9.17, 15) is 4.79 Å². The molecule has 2 aliphatic heterocycles. The molecule has 4 rings (SSSR count). The zero-order valence-electron chi connectivity index (χ0n) is 15.7. The van der Waals surface area contributed by atoms with Crippen LogP contribution in [0.3, 0.4) is 0 Å². The second kappa shape index (κ2) is 8.73. The van der Waals surface area contributed by atoms with Gasteiger partial charge >= 0.3 is 0 Å². The fraction of sp³-hybridized carbons (Fsp3) is 0.667. The zero-order chi connectivity index (χ0) is 17.1. The maximum atomic E-state index is 12.8. The van der Waals surface area contributed by atoms with Crippen LogP contribution in [0.2, 0.25) is 0 Å². The third-order valence-electron chi connectivity index (χ3n) is 6.49. The Balaban J connectivity index is 0.00000196. The van der Waals surface area contributed by atoms with E-state index in [2.05, 4.69) is 27.7 Å². The van der Waals surface area contributed by atoms with Crippen molar-refractivity contribution < 1.29 is 4.79 Å². The Hall–Kier alpha value is -1.10. The molecule has 0 unspecified atom stereocenters. The molecule has 1 aliphatic carbocycles. The summed E-state index contributed by atoms with van der Waals surface area (Å²) < 4.78 is 0. The highest BCUT2D eigenvalue weighted by atomic mass is 35.5. The molecule has 26 heavy (non-hydrogen) atoms. The van der Waals surface area contributed by atoms with E-state index < -0.39 is 0 Å². The van der Waals surface area contributed by atoms with Gasteiger partial charge in [-0.25, -0.2) is 0 Å². The Labute approximate surface area is 163 Å². The van der Waals surface area contributed by atoms with Crippen LogP contribution in [0.5, 0.6) is 0 Å². The van der Waals surface area contributed by atoms with Crippen molar-refractivity contribution >= 4 is 18.3 Å². The quantitative estimate of drug-likeness (QED) is 0.842. The van der Waals surface area contributed by atoms with Crippen LogP contribution >= 0.6 is 12.4 Å². The monoisotopic (exact) mass is 377 g/mol. The number of amides is 1. The van der Waals surface area contributed by atoms with Gasteiger partial charge in [-0.2, -0.15) is 0 Å². The first-order valence-corrected chi connectivity index (χ1v) is 10.1. The molecule has 4 nitrogen and oxygen atoms in total. The summed E-state index contributed by atoms with van der Waals surface area (Å²) in [5.41, 5.74) is 3.61. The highest BCUT2D eigenvalue weighted by molar-refractivity contribution is 5.94. The van der Waals surface area contributed by atoms with Crippen molar-refractivity contribution in [2.75, 3.05) is 19.6 Å². The normalized spacial score (nSPS) is 22.3. The number of piperidine rings is 1. The predicted octanol–water partition coefficient (Wildman–Crippen LogP) is 3.63. The topological polar surface area (TPSA) is 44.4 Å². The van der Waals surface area contributed by atoms with Gasteiger partial charge in [0, 0.05) is 30.7 Å². The zero-order valence-corrected chi connectivity index (χ0v) is 16.5. The van der Waals surface area contributed by atoms with Crippen molar-refractivity contribution in [3.63, 3.8) is 0 Å². The number of hydrogen-bond acceptors (Lipinski definition) is 3. The van der Waals surface area contributed by atoms with E-state index in [1.165, 1.54) is 75.6 Å². The lowest BCUT2D eigenvalue weighted by molar-refractivity contribution is 0.0326. The van der Waals surface area contributed by atoms with Gasteiger partial charge in [0.2, 0.25) is 0 Å². The molecule has 1 aromatic carbocycles. The SMILES string of the molecule is Cl.O=C(NCC1(N2CCCCC2)CCCCC1)c1ccc2c(c1)CNC2. The molecular weight excluding hydrogens is 346 g/mol. The van der Waals surface area contributed by atoms with Crippen molar-refractivity contribution in [1.29, 1.82) is 0 Å². The summed E-state index contributed by atoms with van der Waals surface area (Å²) >= 11 is 0. The molecule has 0 spiro atoms. The van der Waals surface area contributed by atoms with Crippen LogP contribution < -0.4 is 10.6 Å². The van der Waals surface area contributed by atoms with Crippen LogP contribution in [0.4, 0.5) is 0 Å². The average molecular weight is 378 g/mol. The number of fused-ring (bicyclic) bond motifs is 1. The van der Waals surface area contributed by atoms with Crippen LogP contribution in [-0.2, 0) is 13.1 Å². The highest BCUT2D eigenvalue weighted by Gasteiger charge is 2.38. The van der Waals surface area contributed by atoms with Gasteiger partial charge < -0.3 is 10.6 Å². The van der Waals surface area contributed by atoms with Crippen LogP contribution in [0.25, 0.3) is 0 Å². The molecule has 144 valence electrons. The van der Waals surface area contributed by atoms with Crippen molar-refractivity contribution in [3.05, 3.63) is 34.9 Å². The molecule has 0 bridgehead atoms. The summed E-state index contributed by atoms with van der Waals surface area (Å²) in [5.74, 6) is 0.0941. The number of carbonyl (C=O) groups excluding carboxylic acids is 1. The second-order valence-electron chi connectivity index (χ2n) is 8.10. The lowest BCUT2D eigenvalue weighted by Gasteiger charge is -2.48. The molecule has 0 aromatic heterocycles. The fourth-order valence-corrected chi connectivity index (χ4v) is 4.97. The second-order valence-corrected chi connectivity index (χ2v) is 8.10. The molecule has 5 heteroatoms. The van der Waals surface area contributed by atoms with Gasteiger partial charge in [-0.3, -0.25) is 9.69 Å². The van der Waals surface area contributed by atoms with Crippen LogP contribution in [0.1, 0.15) is 72.9 Å². The maximum Gasteiger partial charge on any atom is 0.251 e. The Morgan fingerprint density at radius 2 is 1.69 bits per heavy atom. The van der Waals surface area contributed by atoms with Crippen LogP contribution in [0, 0.1) is 0 Å². The first-order chi connectivity index (χ1) is 12.3. The van der Waals surface area contributed by atoms with Gasteiger partial charge in [0.25, 0.3) is 5.91 Å². The van der Waals surface area contributed by atoms with E-state index in [0.29, 0.717) is 0 Å². The Morgan fingerprint density at radius 1 is 1.00 bits per heavy atom. The average Bonchev–Trinajstić information content (AvgIpc) is 3.15. The molecule has 1 saturated heterocycles. The van der Waals surface area contributed by atoms with Gasteiger partial charge in [0.05, 0.1) is 0 Å². The van der Waals surface area contributed by atoms with Crippen LogP contribution in [-0.4, -0.2) is 36.0 Å². The summed E-state index contributed by atoms with van der Waals surface area (Å²) in [5, 5.41) is 6.65. The van der Waals surface area contributed by atoms with Crippen molar-refractivity contribution in [2.24, 2.45) is 0 Å². The van der Waals surface area contributed by atoms with Gasteiger partial charge in [-0.05, 0) is 62.0 Å². The molecule has 2 N–H and O–H groups in total.